The van der Waals surface area contributed by atoms with Crippen molar-refractivity contribution in [3.63, 3.8) is 0 Å². The molecule has 0 unspecified atom stereocenters. The molecule has 0 aliphatic carbocycles. The summed E-state index contributed by atoms with van der Waals surface area (Å²) in [6.45, 7) is 0. The molecule has 25 heavy (non-hydrogen) atoms. The lowest BCUT2D eigenvalue weighted by Crippen LogP contribution is -2.41. The molecular formula is C18H13BrN2O3S. The molecule has 0 atom stereocenters. The number of carbonyl (C=O) groups excluding carboxylic acids is 2. The highest BCUT2D eigenvalue weighted by Gasteiger charge is 2.15. The predicted molar refractivity (Wildman–Crippen MR) is 101 cm³/mol. The van der Waals surface area contributed by atoms with Crippen LogP contribution in [0.3, 0.4) is 0 Å². The molecule has 3 aromatic rings. The van der Waals surface area contributed by atoms with E-state index in [0.717, 1.165) is 14.9 Å². The van der Waals surface area contributed by atoms with Crippen molar-refractivity contribution in [1.29, 1.82) is 0 Å². The number of nitrogens with one attached hydrogen (secondary N) is 2. The fourth-order valence-corrected chi connectivity index (χ4v) is 3.06. The van der Waals surface area contributed by atoms with Gasteiger partial charge in [-0.25, -0.2) is 0 Å². The second-order valence-corrected chi connectivity index (χ2v) is 6.84. The first-order valence-corrected chi connectivity index (χ1v) is 8.96. The number of halogens is 1. The summed E-state index contributed by atoms with van der Waals surface area (Å²) in [7, 11) is 0. The number of carbonyl (C=O) groups is 2. The van der Waals surface area contributed by atoms with Crippen LogP contribution in [0.2, 0.25) is 0 Å². The lowest BCUT2D eigenvalue weighted by Gasteiger charge is -2.08. The third-order valence-corrected chi connectivity index (χ3v) is 4.68. The van der Waals surface area contributed by atoms with Crippen molar-refractivity contribution < 1.29 is 14.0 Å². The van der Waals surface area contributed by atoms with E-state index >= 15 is 0 Å². The normalized spacial score (nSPS) is 11.2. The fraction of sp³-hybridized carbons (Fsp3) is 0. The van der Waals surface area contributed by atoms with Crippen molar-refractivity contribution in [2.75, 3.05) is 0 Å². The van der Waals surface area contributed by atoms with Gasteiger partial charge in [-0.05, 0) is 47.4 Å². The first-order valence-electron chi connectivity index (χ1n) is 7.29. The van der Waals surface area contributed by atoms with Gasteiger partial charge in [0, 0.05) is 9.35 Å². The van der Waals surface area contributed by atoms with E-state index in [1.807, 2.05) is 41.8 Å². The summed E-state index contributed by atoms with van der Waals surface area (Å²) in [5.74, 6) is -0.812. The molecule has 5 nitrogen and oxygen atoms in total. The van der Waals surface area contributed by atoms with E-state index in [1.165, 1.54) is 23.7 Å². The van der Waals surface area contributed by atoms with Crippen LogP contribution in [-0.2, 0) is 4.79 Å². The Balaban J connectivity index is 1.78. The molecule has 7 heteroatoms. The summed E-state index contributed by atoms with van der Waals surface area (Å²) in [5.41, 5.74) is 6.10. The Morgan fingerprint density at radius 2 is 1.84 bits per heavy atom. The van der Waals surface area contributed by atoms with Crippen molar-refractivity contribution in [1.82, 2.24) is 10.9 Å². The summed E-state index contributed by atoms with van der Waals surface area (Å²) in [5, 5.41) is 1.89. The van der Waals surface area contributed by atoms with Crippen molar-refractivity contribution in [2.24, 2.45) is 0 Å². The summed E-state index contributed by atoms with van der Waals surface area (Å²) in [6.07, 6.45) is 3.16. The quantitative estimate of drug-likeness (QED) is 0.496. The smallest absolute Gasteiger partial charge is 0.305 e. The Labute approximate surface area is 156 Å². The predicted octanol–water partition coefficient (Wildman–Crippen LogP) is 4.11. The molecule has 2 N–H and O–H groups in total. The molecule has 1 aromatic carbocycles. The van der Waals surface area contributed by atoms with Crippen LogP contribution in [-0.4, -0.2) is 11.8 Å². The van der Waals surface area contributed by atoms with E-state index in [2.05, 4.69) is 26.8 Å². The highest BCUT2D eigenvalue weighted by Crippen LogP contribution is 2.23. The largest absolute Gasteiger partial charge is 0.459 e. The lowest BCUT2D eigenvalue weighted by atomic mass is 10.1. The summed E-state index contributed by atoms with van der Waals surface area (Å²) >= 11 is 4.83. The van der Waals surface area contributed by atoms with Gasteiger partial charge in [-0.15, -0.1) is 11.3 Å². The van der Waals surface area contributed by atoms with Crippen molar-refractivity contribution in [3.05, 3.63) is 80.8 Å². The van der Waals surface area contributed by atoms with E-state index in [4.69, 9.17) is 4.42 Å². The number of hydrogen-bond acceptors (Lipinski definition) is 4. The molecule has 0 spiro atoms. The van der Waals surface area contributed by atoms with Crippen molar-refractivity contribution in [3.8, 4) is 0 Å². The first kappa shape index (κ1) is 17.2. The van der Waals surface area contributed by atoms with Crippen molar-refractivity contribution >= 4 is 50.7 Å². The number of rotatable bonds is 4. The average molecular weight is 417 g/mol. The lowest BCUT2D eigenvalue weighted by molar-refractivity contribution is -0.116. The van der Waals surface area contributed by atoms with Crippen LogP contribution in [0.4, 0.5) is 0 Å². The third-order valence-electron chi connectivity index (χ3n) is 3.25. The van der Waals surface area contributed by atoms with E-state index < -0.39 is 11.8 Å². The van der Waals surface area contributed by atoms with E-state index in [-0.39, 0.29) is 5.76 Å². The topological polar surface area (TPSA) is 71.3 Å². The van der Waals surface area contributed by atoms with Gasteiger partial charge < -0.3 is 4.42 Å². The van der Waals surface area contributed by atoms with Gasteiger partial charge in [0.05, 0.1) is 11.8 Å². The van der Waals surface area contributed by atoms with E-state index in [1.54, 1.807) is 12.1 Å². The second-order valence-electron chi connectivity index (χ2n) is 4.97. The number of furan rings is 1. The summed E-state index contributed by atoms with van der Waals surface area (Å²) < 4.78 is 5.94. The van der Waals surface area contributed by atoms with Crippen LogP contribution < -0.4 is 10.9 Å². The molecule has 0 bridgehead atoms. The molecule has 0 radical (unpaired) electrons. The van der Waals surface area contributed by atoms with Gasteiger partial charge in [-0.1, -0.05) is 34.1 Å². The van der Waals surface area contributed by atoms with Crippen LogP contribution >= 0.6 is 27.3 Å². The molecule has 0 aliphatic heterocycles. The van der Waals surface area contributed by atoms with Crippen LogP contribution in [0, 0.1) is 0 Å². The molecule has 126 valence electrons. The van der Waals surface area contributed by atoms with Gasteiger partial charge in [0.2, 0.25) is 0 Å². The molecule has 0 fully saturated rings. The number of benzene rings is 1. The summed E-state index contributed by atoms with van der Waals surface area (Å²) in [4.78, 5) is 25.2. The summed E-state index contributed by atoms with van der Waals surface area (Å²) in [6, 6.07) is 14.4. The number of hydrazine groups is 1. The Hall–Kier alpha value is -2.64. The maximum Gasteiger partial charge on any atom is 0.305 e. The zero-order valence-corrected chi connectivity index (χ0v) is 15.3. The number of hydrogen-bond donors (Lipinski definition) is 2. The minimum absolute atomic E-state index is 0.120. The van der Waals surface area contributed by atoms with Crippen LogP contribution in [0.5, 0.6) is 0 Å². The van der Waals surface area contributed by atoms with E-state index in [0.29, 0.717) is 5.57 Å². The van der Waals surface area contributed by atoms with Gasteiger partial charge in [-0.3, -0.25) is 20.4 Å². The highest BCUT2D eigenvalue weighted by molar-refractivity contribution is 9.10. The van der Waals surface area contributed by atoms with Crippen LogP contribution in [0.15, 0.2) is 69.1 Å². The SMILES string of the molecule is O=C(NNC(=O)c1ccco1)C(=Cc1ccc(Br)cc1)c1cccs1. The van der Waals surface area contributed by atoms with E-state index in [9.17, 15) is 9.59 Å². The average Bonchev–Trinajstić information content (AvgIpc) is 3.32. The fourth-order valence-electron chi connectivity index (χ4n) is 2.06. The molecule has 3 rings (SSSR count). The van der Waals surface area contributed by atoms with Gasteiger partial charge >= 0.3 is 5.91 Å². The Morgan fingerprint density at radius 1 is 1.04 bits per heavy atom. The molecule has 2 aromatic heterocycles. The van der Waals surface area contributed by atoms with Gasteiger partial charge in [0.25, 0.3) is 5.91 Å². The Kier molecular flexibility index (Phi) is 5.47. The molecule has 0 aliphatic rings. The minimum atomic E-state index is -0.521. The number of amides is 2. The number of thiophene rings is 1. The molecule has 0 saturated carbocycles. The molecular weight excluding hydrogens is 404 g/mol. The third kappa shape index (κ3) is 4.46. The maximum atomic E-state index is 12.6. The zero-order valence-electron chi connectivity index (χ0n) is 12.9. The van der Waals surface area contributed by atoms with Crippen LogP contribution in [0.25, 0.3) is 11.6 Å². The monoisotopic (exact) mass is 416 g/mol. The standard InChI is InChI=1S/C18H13BrN2O3S/c19-13-7-5-12(6-8-13)11-14(16-4-2-10-25-16)17(22)20-21-18(23)15-3-1-9-24-15/h1-11H,(H,20,22)(H,21,23). The maximum absolute atomic E-state index is 12.6. The van der Waals surface area contributed by atoms with Crippen LogP contribution in [0.1, 0.15) is 21.0 Å². The van der Waals surface area contributed by atoms with Gasteiger partial charge in [0.15, 0.2) is 5.76 Å². The van der Waals surface area contributed by atoms with Crippen molar-refractivity contribution in [2.45, 2.75) is 0 Å². The molecule has 2 amide bonds. The highest BCUT2D eigenvalue weighted by atomic mass is 79.9. The first-order chi connectivity index (χ1) is 12.1. The molecule has 0 saturated heterocycles. The second kappa shape index (κ2) is 7.96. The molecule has 2 heterocycles. The van der Waals surface area contributed by atoms with Gasteiger partial charge in [-0.2, -0.15) is 0 Å². The Bertz CT molecular complexity index is 885. The van der Waals surface area contributed by atoms with Gasteiger partial charge in [0.1, 0.15) is 0 Å². The zero-order chi connectivity index (χ0) is 17.6. The minimum Gasteiger partial charge on any atom is -0.459 e. The Morgan fingerprint density at radius 3 is 2.48 bits per heavy atom.